The van der Waals surface area contributed by atoms with Crippen LogP contribution in [0.2, 0.25) is 0 Å². The quantitative estimate of drug-likeness (QED) is 0.427. The molecule has 0 saturated heterocycles. The van der Waals surface area contributed by atoms with E-state index >= 15 is 0 Å². The molecule has 0 atom stereocenters. The monoisotopic (exact) mass is 440 g/mol. The van der Waals surface area contributed by atoms with E-state index in [1.54, 1.807) is 6.07 Å². The largest absolute Gasteiger partial charge is 0.349 e. The molecule has 1 rings (SSSR count). The summed E-state index contributed by atoms with van der Waals surface area (Å²) in [5.41, 5.74) is 1.74. The fourth-order valence-corrected chi connectivity index (χ4v) is 2.72. The first-order valence-corrected chi connectivity index (χ1v) is 8.28. The molecule has 6 nitrogen and oxygen atoms in total. The number of hydrogen-bond donors (Lipinski definition) is 1. The Labute approximate surface area is 150 Å². The van der Waals surface area contributed by atoms with Gasteiger partial charge < -0.3 is 9.80 Å². The van der Waals surface area contributed by atoms with Gasteiger partial charge in [0.05, 0.1) is 12.3 Å². The molecular formula is C14H25IN4O2S. The van der Waals surface area contributed by atoms with Gasteiger partial charge in [-0.25, -0.2) is 18.1 Å². The van der Waals surface area contributed by atoms with Gasteiger partial charge in [0.25, 0.3) is 0 Å². The molecule has 0 heterocycles. The molecule has 0 unspecified atom stereocenters. The second-order valence-electron chi connectivity index (χ2n) is 5.19. The zero-order valence-electron chi connectivity index (χ0n) is 13.7. The molecule has 0 fully saturated rings. The molecule has 0 aliphatic heterocycles. The Morgan fingerprint density at radius 3 is 2.18 bits per heavy atom. The molecular weight excluding hydrogens is 415 g/mol. The van der Waals surface area contributed by atoms with Crippen LogP contribution in [-0.2, 0) is 22.3 Å². The molecule has 0 aliphatic rings. The highest BCUT2D eigenvalue weighted by molar-refractivity contribution is 14.0. The minimum atomic E-state index is -3.25. The third-order valence-electron chi connectivity index (χ3n) is 2.86. The van der Waals surface area contributed by atoms with E-state index in [2.05, 4.69) is 9.71 Å². The van der Waals surface area contributed by atoms with Gasteiger partial charge in [0, 0.05) is 28.2 Å². The lowest BCUT2D eigenvalue weighted by Gasteiger charge is -2.22. The van der Waals surface area contributed by atoms with Crippen LogP contribution in [-0.4, -0.2) is 59.4 Å². The van der Waals surface area contributed by atoms with Gasteiger partial charge >= 0.3 is 0 Å². The van der Waals surface area contributed by atoms with Crippen molar-refractivity contribution in [2.75, 3.05) is 35.2 Å². The predicted octanol–water partition coefficient (Wildman–Crippen LogP) is 1.33. The number of sulfonamides is 1. The van der Waals surface area contributed by atoms with Gasteiger partial charge in [-0.05, 0) is 18.2 Å². The van der Waals surface area contributed by atoms with Gasteiger partial charge in [-0.15, -0.1) is 24.0 Å². The average molecular weight is 440 g/mol. The van der Waals surface area contributed by atoms with Gasteiger partial charge in [-0.1, -0.05) is 24.3 Å². The molecule has 0 bridgehead atoms. The smallest absolute Gasteiger partial charge is 0.215 e. The molecule has 1 N–H and O–H groups in total. The van der Waals surface area contributed by atoms with Crippen molar-refractivity contribution in [1.29, 1.82) is 0 Å². The normalized spacial score (nSPS) is 10.6. The Morgan fingerprint density at radius 2 is 1.68 bits per heavy atom. The average Bonchev–Trinajstić information content (AvgIpc) is 2.38. The summed E-state index contributed by atoms with van der Waals surface area (Å²) in [5.74, 6) is 0.846. The van der Waals surface area contributed by atoms with Crippen LogP contribution >= 0.6 is 24.0 Å². The Balaban J connectivity index is 0.00000441. The van der Waals surface area contributed by atoms with E-state index in [-0.39, 0.29) is 29.7 Å². The minimum Gasteiger partial charge on any atom is -0.349 e. The number of nitrogens with one attached hydrogen (secondary N) is 1. The topological polar surface area (TPSA) is 65.0 Å². The van der Waals surface area contributed by atoms with Gasteiger partial charge in [-0.3, -0.25) is 0 Å². The molecule has 126 valence electrons. The lowest BCUT2D eigenvalue weighted by Crippen LogP contribution is -2.35. The SMILES string of the molecule is CNS(=O)(=O)Cc1cccc(CN=C(N(C)C)N(C)C)c1.I. The standard InChI is InChI=1S/C14H24N4O2S.HI/c1-15-21(19,20)11-13-8-6-7-12(9-13)10-16-14(17(2)3)18(4)5;/h6-9,15H,10-11H2,1-5H3;1H. The summed E-state index contributed by atoms with van der Waals surface area (Å²) in [6.07, 6.45) is 0. The van der Waals surface area contributed by atoms with E-state index in [0.29, 0.717) is 6.54 Å². The number of benzene rings is 1. The molecule has 0 aliphatic carbocycles. The lowest BCUT2D eigenvalue weighted by atomic mass is 10.1. The third kappa shape index (κ3) is 6.93. The first-order chi connectivity index (χ1) is 9.75. The highest BCUT2D eigenvalue weighted by Crippen LogP contribution is 2.10. The maximum Gasteiger partial charge on any atom is 0.215 e. The molecule has 0 amide bonds. The highest BCUT2D eigenvalue weighted by Gasteiger charge is 2.09. The second-order valence-corrected chi connectivity index (χ2v) is 7.11. The van der Waals surface area contributed by atoms with Crippen LogP contribution in [0.15, 0.2) is 29.3 Å². The number of rotatable bonds is 5. The minimum absolute atomic E-state index is 0. The summed E-state index contributed by atoms with van der Waals surface area (Å²) in [6, 6.07) is 7.49. The number of guanidine groups is 1. The van der Waals surface area contributed by atoms with Crippen molar-refractivity contribution >= 4 is 40.0 Å². The van der Waals surface area contributed by atoms with E-state index in [9.17, 15) is 8.42 Å². The summed E-state index contributed by atoms with van der Waals surface area (Å²) in [7, 11) is 5.93. The van der Waals surface area contributed by atoms with Crippen LogP contribution in [0.25, 0.3) is 0 Å². The van der Waals surface area contributed by atoms with Crippen molar-refractivity contribution in [2.24, 2.45) is 4.99 Å². The first-order valence-electron chi connectivity index (χ1n) is 6.63. The van der Waals surface area contributed by atoms with Crippen LogP contribution in [0.1, 0.15) is 11.1 Å². The van der Waals surface area contributed by atoms with E-state index in [1.165, 1.54) is 7.05 Å². The molecule has 1 aromatic carbocycles. The van der Waals surface area contributed by atoms with E-state index in [1.807, 2.05) is 56.2 Å². The van der Waals surface area contributed by atoms with Crippen molar-refractivity contribution < 1.29 is 8.42 Å². The van der Waals surface area contributed by atoms with Gasteiger partial charge in [0.1, 0.15) is 0 Å². The summed E-state index contributed by atoms with van der Waals surface area (Å²) < 4.78 is 25.5. The Hall–Kier alpha value is -0.870. The van der Waals surface area contributed by atoms with Crippen LogP contribution in [0.5, 0.6) is 0 Å². The summed E-state index contributed by atoms with van der Waals surface area (Å²) in [5, 5.41) is 0. The molecule has 0 radical (unpaired) electrons. The maximum atomic E-state index is 11.6. The fourth-order valence-electron chi connectivity index (χ4n) is 1.95. The zero-order chi connectivity index (χ0) is 16.0. The number of hydrogen-bond acceptors (Lipinski definition) is 3. The van der Waals surface area contributed by atoms with Crippen molar-refractivity contribution in [1.82, 2.24) is 14.5 Å². The number of aliphatic imine (C=N–C) groups is 1. The van der Waals surface area contributed by atoms with E-state index < -0.39 is 10.0 Å². The van der Waals surface area contributed by atoms with Crippen LogP contribution in [0.3, 0.4) is 0 Å². The van der Waals surface area contributed by atoms with E-state index in [4.69, 9.17) is 0 Å². The van der Waals surface area contributed by atoms with E-state index in [0.717, 1.165) is 17.1 Å². The van der Waals surface area contributed by atoms with Gasteiger partial charge in [0.15, 0.2) is 5.96 Å². The molecule has 1 aromatic rings. The van der Waals surface area contributed by atoms with Crippen molar-refractivity contribution in [2.45, 2.75) is 12.3 Å². The Kier molecular flexibility index (Phi) is 8.94. The summed E-state index contributed by atoms with van der Waals surface area (Å²) in [4.78, 5) is 8.43. The number of nitrogens with zero attached hydrogens (tertiary/aromatic N) is 3. The van der Waals surface area contributed by atoms with Crippen LogP contribution in [0.4, 0.5) is 0 Å². The van der Waals surface area contributed by atoms with Crippen molar-refractivity contribution in [3.63, 3.8) is 0 Å². The first kappa shape index (κ1) is 21.1. The van der Waals surface area contributed by atoms with Crippen LogP contribution < -0.4 is 4.72 Å². The van der Waals surface area contributed by atoms with Gasteiger partial charge in [-0.2, -0.15) is 0 Å². The third-order valence-corrected chi connectivity index (χ3v) is 4.20. The fraction of sp³-hybridized carbons (Fsp3) is 0.500. The van der Waals surface area contributed by atoms with Gasteiger partial charge in [0.2, 0.25) is 10.0 Å². The molecule has 0 spiro atoms. The van der Waals surface area contributed by atoms with Crippen molar-refractivity contribution in [3.8, 4) is 0 Å². The molecule has 0 saturated carbocycles. The number of halogens is 1. The highest BCUT2D eigenvalue weighted by atomic mass is 127. The maximum absolute atomic E-state index is 11.6. The predicted molar refractivity (Wildman–Crippen MR) is 102 cm³/mol. The zero-order valence-corrected chi connectivity index (χ0v) is 16.8. The Morgan fingerprint density at radius 1 is 1.14 bits per heavy atom. The molecule has 0 aromatic heterocycles. The molecule has 22 heavy (non-hydrogen) atoms. The summed E-state index contributed by atoms with van der Waals surface area (Å²) in [6.45, 7) is 0.513. The Bertz CT molecular complexity index is 591. The van der Waals surface area contributed by atoms with Crippen LogP contribution in [0, 0.1) is 0 Å². The lowest BCUT2D eigenvalue weighted by molar-refractivity contribution is 0.479. The summed E-state index contributed by atoms with van der Waals surface area (Å²) >= 11 is 0. The second kappa shape index (κ2) is 9.31. The van der Waals surface area contributed by atoms with Crippen molar-refractivity contribution in [3.05, 3.63) is 35.4 Å². The molecule has 8 heteroatoms.